The molecule has 1 atom stereocenters. The number of amides is 2. The third kappa shape index (κ3) is 8.40. The zero-order valence-corrected chi connectivity index (χ0v) is 19.4. The van der Waals surface area contributed by atoms with Crippen LogP contribution in [0.3, 0.4) is 0 Å². The SMILES string of the molecule is CC#CCOc1ccc(S(=O)(=O)NC(CCCNC(=O)c2ccc(Cl)cc2)C(=O)NO)cc1. The van der Waals surface area contributed by atoms with Gasteiger partial charge in [-0.1, -0.05) is 17.5 Å². The van der Waals surface area contributed by atoms with Crippen molar-refractivity contribution in [1.82, 2.24) is 15.5 Å². The number of rotatable bonds is 11. The van der Waals surface area contributed by atoms with Gasteiger partial charge in [-0.05, 0) is 68.3 Å². The Kier molecular flexibility index (Phi) is 10.2. The van der Waals surface area contributed by atoms with Gasteiger partial charge >= 0.3 is 0 Å². The van der Waals surface area contributed by atoms with E-state index in [-0.39, 0.29) is 36.8 Å². The summed E-state index contributed by atoms with van der Waals surface area (Å²) >= 11 is 5.79. The molecule has 0 saturated heterocycles. The van der Waals surface area contributed by atoms with Crippen LogP contribution in [-0.2, 0) is 14.8 Å². The van der Waals surface area contributed by atoms with Crippen molar-refractivity contribution >= 4 is 33.4 Å². The van der Waals surface area contributed by atoms with Gasteiger partial charge in [-0.25, -0.2) is 13.9 Å². The highest BCUT2D eigenvalue weighted by atomic mass is 35.5. The molecule has 4 N–H and O–H groups in total. The number of nitrogens with one attached hydrogen (secondary N) is 3. The van der Waals surface area contributed by atoms with E-state index in [0.717, 1.165) is 0 Å². The molecule has 0 spiro atoms. The molecule has 0 aliphatic carbocycles. The van der Waals surface area contributed by atoms with Crippen molar-refractivity contribution in [3.8, 4) is 17.6 Å². The maximum atomic E-state index is 12.7. The summed E-state index contributed by atoms with van der Waals surface area (Å²) in [6.45, 7) is 2.04. The molecule has 176 valence electrons. The lowest BCUT2D eigenvalue weighted by atomic mass is 10.1. The summed E-state index contributed by atoms with van der Waals surface area (Å²) < 4.78 is 33.0. The molecule has 0 bridgehead atoms. The first-order valence-corrected chi connectivity index (χ1v) is 11.8. The molecule has 2 aromatic carbocycles. The molecule has 2 amide bonds. The first-order chi connectivity index (χ1) is 15.8. The van der Waals surface area contributed by atoms with Crippen molar-refractivity contribution in [2.45, 2.75) is 30.7 Å². The van der Waals surface area contributed by atoms with Gasteiger partial charge in [0.15, 0.2) is 0 Å². The smallest absolute Gasteiger partial charge is 0.261 e. The highest BCUT2D eigenvalue weighted by Crippen LogP contribution is 2.17. The van der Waals surface area contributed by atoms with Crippen LogP contribution in [0, 0.1) is 11.8 Å². The van der Waals surface area contributed by atoms with Crippen LogP contribution >= 0.6 is 11.6 Å². The number of benzene rings is 2. The van der Waals surface area contributed by atoms with Crippen LogP contribution in [0.15, 0.2) is 53.4 Å². The number of halogens is 1. The molecule has 0 radical (unpaired) electrons. The summed E-state index contributed by atoms with van der Waals surface area (Å²) in [5, 5.41) is 12.2. The van der Waals surface area contributed by atoms with Crippen molar-refractivity contribution in [2.24, 2.45) is 0 Å². The predicted octanol–water partition coefficient (Wildman–Crippen LogP) is 2.10. The average molecular weight is 494 g/mol. The molecule has 0 heterocycles. The fourth-order valence-electron chi connectivity index (χ4n) is 2.69. The molecule has 0 fully saturated rings. The molecule has 2 rings (SSSR count). The fraction of sp³-hybridized carbons (Fsp3) is 0.273. The van der Waals surface area contributed by atoms with Crippen molar-refractivity contribution in [2.75, 3.05) is 13.2 Å². The van der Waals surface area contributed by atoms with Gasteiger partial charge in [0.2, 0.25) is 10.0 Å². The molecular formula is C22H24ClN3O6S. The van der Waals surface area contributed by atoms with E-state index in [2.05, 4.69) is 21.9 Å². The topological polar surface area (TPSA) is 134 Å². The van der Waals surface area contributed by atoms with Gasteiger partial charge in [-0.3, -0.25) is 14.8 Å². The summed E-state index contributed by atoms with van der Waals surface area (Å²) in [6.07, 6.45) is 0.300. The highest BCUT2D eigenvalue weighted by Gasteiger charge is 2.25. The van der Waals surface area contributed by atoms with E-state index in [1.54, 1.807) is 31.2 Å². The van der Waals surface area contributed by atoms with Crippen molar-refractivity contribution < 1.29 is 28.0 Å². The quantitative estimate of drug-likeness (QED) is 0.164. The maximum absolute atomic E-state index is 12.7. The van der Waals surface area contributed by atoms with E-state index in [1.807, 2.05) is 0 Å². The lowest BCUT2D eigenvalue weighted by Gasteiger charge is -2.17. The molecule has 2 aromatic rings. The highest BCUT2D eigenvalue weighted by molar-refractivity contribution is 7.89. The number of hydrogen-bond donors (Lipinski definition) is 4. The Bertz CT molecular complexity index is 1110. The molecule has 0 saturated carbocycles. The molecule has 0 aliphatic rings. The minimum absolute atomic E-state index is 0.0312. The standard InChI is InChI=1S/C22H24ClN3O6S/c1-2-3-15-32-18-10-12-19(13-11-18)33(30,31)26-20(22(28)25-29)5-4-14-24-21(27)16-6-8-17(23)9-7-16/h6-13,20,26,29H,4-5,14-15H2,1H3,(H,24,27)(H,25,28). The Labute approximate surface area is 197 Å². The first-order valence-electron chi connectivity index (χ1n) is 9.89. The van der Waals surface area contributed by atoms with E-state index in [0.29, 0.717) is 16.3 Å². The Balaban J connectivity index is 1.94. The van der Waals surface area contributed by atoms with E-state index >= 15 is 0 Å². The second-order valence-electron chi connectivity index (χ2n) is 6.74. The minimum Gasteiger partial charge on any atom is -0.481 e. The van der Waals surface area contributed by atoms with Gasteiger partial charge in [0.25, 0.3) is 11.8 Å². The van der Waals surface area contributed by atoms with Gasteiger partial charge < -0.3 is 10.1 Å². The molecule has 0 aromatic heterocycles. The summed E-state index contributed by atoms with van der Waals surface area (Å²) in [7, 11) is -4.06. The monoisotopic (exact) mass is 493 g/mol. The Morgan fingerprint density at radius 1 is 1.12 bits per heavy atom. The number of sulfonamides is 1. The van der Waals surface area contributed by atoms with Crippen LogP contribution in [0.25, 0.3) is 0 Å². The fourth-order valence-corrected chi connectivity index (χ4v) is 4.05. The van der Waals surface area contributed by atoms with Gasteiger partial charge in [-0.2, -0.15) is 4.72 Å². The van der Waals surface area contributed by atoms with Gasteiger partial charge in [0.1, 0.15) is 18.4 Å². The van der Waals surface area contributed by atoms with Gasteiger partial charge in [0.05, 0.1) is 4.90 Å². The second kappa shape index (κ2) is 12.8. The summed E-state index contributed by atoms with van der Waals surface area (Å²) in [5.74, 6) is 4.60. The van der Waals surface area contributed by atoms with Crippen molar-refractivity contribution in [1.29, 1.82) is 0 Å². The van der Waals surface area contributed by atoms with Gasteiger partial charge in [0, 0.05) is 17.1 Å². The van der Waals surface area contributed by atoms with Crippen LogP contribution in [0.1, 0.15) is 30.1 Å². The van der Waals surface area contributed by atoms with E-state index in [9.17, 15) is 18.0 Å². The first kappa shape index (κ1) is 26.2. The normalized spacial score (nSPS) is 11.6. The third-order valence-electron chi connectivity index (χ3n) is 4.41. The number of hydrogen-bond acceptors (Lipinski definition) is 6. The lowest BCUT2D eigenvalue weighted by molar-refractivity contribution is -0.131. The van der Waals surface area contributed by atoms with Gasteiger partial charge in [-0.15, -0.1) is 5.92 Å². The van der Waals surface area contributed by atoms with Crippen LogP contribution < -0.4 is 20.3 Å². The zero-order chi connectivity index (χ0) is 24.3. The summed E-state index contributed by atoms with van der Waals surface area (Å²) in [4.78, 5) is 24.0. The second-order valence-corrected chi connectivity index (χ2v) is 8.89. The Morgan fingerprint density at radius 3 is 2.39 bits per heavy atom. The molecular weight excluding hydrogens is 470 g/mol. The van der Waals surface area contributed by atoms with E-state index in [1.165, 1.54) is 29.7 Å². The number of ether oxygens (including phenoxy) is 1. The van der Waals surface area contributed by atoms with Crippen LogP contribution in [0.2, 0.25) is 5.02 Å². The molecule has 9 nitrogen and oxygen atoms in total. The van der Waals surface area contributed by atoms with Crippen LogP contribution in [0.4, 0.5) is 0 Å². The summed E-state index contributed by atoms with van der Waals surface area (Å²) in [6, 6.07) is 10.7. The van der Waals surface area contributed by atoms with Crippen molar-refractivity contribution in [3.63, 3.8) is 0 Å². The van der Waals surface area contributed by atoms with Crippen molar-refractivity contribution in [3.05, 3.63) is 59.1 Å². The maximum Gasteiger partial charge on any atom is 0.261 e. The average Bonchev–Trinajstić information content (AvgIpc) is 2.81. The van der Waals surface area contributed by atoms with E-state index < -0.39 is 22.0 Å². The van der Waals surface area contributed by atoms with Crippen LogP contribution in [-0.4, -0.2) is 44.6 Å². The largest absolute Gasteiger partial charge is 0.481 e. The Morgan fingerprint density at radius 2 is 1.79 bits per heavy atom. The molecule has 33 heavy (non-hydrogen) atoms. The predicted molar refractivity (Wildman–Crippen MR) is 122 cm³/mol. The molecule has 11 heteroatoms. The zero-order valence-electron chi connectivity index (χ0n) is 17.8. The number of carbonyl (C=O) groups is 2. The van der Waals surface area contributed by atoms with E-state index in [4.69, 9.17) is 21.5 Å². The Hall–Kier alpha value is -3.10. The summed E-state index contributed by atoms with van der Waals surface area (Å²) in [5.41, 5.74) is 1.87. The lowest BCUT2D eigenvalue weighted by Crippen LogP contribution is -2.46. The minimum atomic E-state index is -4.06. The number of hydroxylamine groups is 1. The molecule has 1 unspecified atom stereocenters. The van der Waals surface area contributed by atoms with Crippen LogP contribution in [0.5, 0.6) is 5.75 Å². The number of carbonyl (C=O) groups excluding carboxylic acids is 2. The third-order valence-corrected chi connectivity index (χ3v) is 6.15. The molecule has 0 aliphatic heterocycles.